The largest absolute Gasteiger partial charge is 0.334 e. The summed E-state index contributed by atoms with van der Waals surface area (Å²) in [5.74, 6) is 0. The Hall–Kier alpha value is -0.740. The highest BCUT2D eigenvalue weighted by atomic mass is 32.1. The SMILES string of the molecule is S=c1ncc2c([nH]1)CCNCC2. The Balaban J connectivity index is 2.43. The molecule has 1 aromatic heterocycles. The van der Waals surface area contributed by atoms with Gasteiger partial charge in [0.15, 0.2) is 4.77 Å². The Bertz CT molecular complexity index is 331. The smallest absolute Gasteiger partial charge is 0.196 e. The second-order valence-electron chi connectivity index (χ2n) is 2.94. The first-order valence-electron chi connectivity index (χ1n) is 4.14. The predicted molar refractivity (Wildman–Crippen MR) is 49.7 cm³/mol. The minimum Gasteiger partial charge on any atom is -0.334 e. The summed E-state index contributed by atoms with van der Waals surface area (Å²) in [4.78, 5) is 7.20. The molecular formula is C8H11N3S. The van der Waals surface area contributed by atoms with E-state index in [1.165, 1.54) is 11.3 Å². The quantitative estimate of drug-likeness (QED) is 0.582. The van der Waals surface area contributed by atoms with Crippen molar-refractivity contribution in [1.29, 1.82) is 0 Å². The molecule has 0 bridgehead atoms. The van der Waals surface area contributed by atoms with E-state index in [2.05, 4.69) is 15.3 Å². The van der Waals surface area contributed by atoms with Crippen molar-refractivity contribution in [3.05, 3.63) is 22.2 Å². The van der Waals surface area contributed by atoms with Gasteiger partial charge in [-0.25, -0.2) is 4.98 Å². The fraction of sp³-hybridized carbons (Fsp3) is 0.500. The second kappa shape index (κ2) is 3.33. The van der Waals surface area contributed by atoms with Crippen LogP contribution in [0.5, 0.6) is 0 Å². The lowest BCUT2D eigenvalue weighted by Crippen LogP contribution is -2.16. The number of hydrogen-bond donors (Lipinski definition) is 2. The first kappa shape index (κ1) is 7.89. The van der Waals surface area contributed by atoms with Crippen LogP contribution >= 0.6 is 12.2 Å². The third-order valence-electron chi connectivity index (χ3n) is 2.11. The monoisotopic (exact) mass is 181 g/mol. The van der Waals surface area contributed by atoms with Crippen molar-refractivity contribution in [3.63, 3.8) is 0 Å². The number of aromatic amines is 1. The zero-order valence-corrected chi connectivity index (χ0v) is 7.58. The van der Waals surface area contributed by atoms with Gasteiger partial charge in [0.2, 0.25) is 0 Å². The average molecular weight is 181 g/mol. The van der Waals surface area contributed by atoms with E-state index < -0.39 is 0 Å². The van der Waals surface area contributed by atoms with E-state index in [9.17, 15) is 0 Å². The molecule has 2 N–H and O–H groups in total. The number of rotatable bonds is 0. The normalized spacial score (nSPS) is 16.7. The van der Waals surface area contributed by atoms with Crippen molar-refractivity contribution < 1.29 is 0 Å². The predicted octanol–water partition coefficient (Wildman–Crippen LogP) is 0.827. The van der Waals surface area contributed by atoms with Crippen LogP contribution in [0.4, 0.5) is 0 Å². The van der Waals surface area contributed by atoms with Crippen molar-refractivity contribution >= 4 is 12.2 Å². The zero-order chi connectivity index (χ0) is 8.39. The van der Waals surface area contributed by atoms with E-state index >= 15 is 0 Å². The summed E-state index contributed by atoms with van der Waals surface area (Å²) < 4.78 is 0.593. The molecule has 2 rings (SSSR count). The van der Waals surface area contributed by atoms with Gasteiger partial charge >= 0.3 is 0 Å². The lowest BCUT2D eigenvalue weighted by atomic mass is 10.1. The summed E-state index contributed by atoms with van der Waals surface area (Å²) >= 11 is 4.95. The van der Waals surface area contributed by atoms with Crippen molar-refractivity contribution in [2.24, 2.45) is 0 Å². The highest BCUT2D eigenvalue weighted by Gasteiger charge is 2.06. The molecule has 0 spiro atoms. The molecule has 0 saturated carbocycles. The van der Waals surface area contributed by atoms with E-state index in [0.29, 0.717) is 4.77 Å². The highest BCUT2D eigenvalue weighted by molar-refractivity contribution is 7.71. The first-order chi connectivity index (χ1) is 5.86. The van der Waals surface area contributed by atoms with Crippen molar-refractivity contribution in [2.45, 2.75) is 12.8 Å². The van der Waals surface area contributed by atoms with Gasteiger partial charge in [-0.05, 0) is 30.7 Å². The third-order valence-corrected chi connectivity index (χ3v) is 2.31. The van der Waals surface area contributed by atoms with Gasteiger partial charge in [-0.2, -0.15) is 0 Å². The van der Waals surface area contributed by atoms with Crippen LogP contribution in [0.3, 0.4) is 0 Å². The maximum absolute atomic E-state index is 4.95. The molecule has 0 fully saturated rings. The van der Waals surface area contributed by atoms with Gasteiger partial charge < -0.3 is 10.3 Å². The molecule has 2 heterocycles. The second-order valence-corrected chi connectivity index (χ2v) is 3.33. The van der Waals surface area contributed by atoms with Crippen LogP contribution in [0, 0.1) is 4.77 Å². The molecule has 0 aromatic carbocycles. The molecule has 4 heteroatoms. The Morgan fingerprint density at radius 3 is 3.08 bits per heavy atom. The van der Waals surface area contributed by atoms with Crippen LogP contribution in [0.25, 0.3) is 0 Å². The van der Waals surface area contributed by atoms with Gasteiger partial charge in [0, 0.05) is 24.9 Å². The molecular weight excluding hydrogens is 170 g/mol. The van der Waals surface area contributed by atoms with Gasteiger partial charge in [-0.1, -0.05) is 0 Å². The molecule has 0 amide bonds. The van der Waals surface area contributed by atoms with Gasteiger partial charge in [0.25, 0.3) is 0 Å². The van der Waals surface area contributed by atoms with E-state index in [1.807, 2.05) is 6.20 Å². The summed E-state index contributed by atoms with van der Waals surface area (Å²) in [7, 11) is 0. The van der Waals surface area contributed by atoms with Crippen LogP contribution in [-0.2, 0) is 12.8 Å². The summed E-state index contributed by atoms with van der Waals surface area (Å²) in [5.41, 5.74) is 2.55. The van der Waals surface area contributed by atoms with Crippen LogP contribution in [-0.4, -0.2) is 23.1 Å². The summed E-state index contributed by atoms with van der Waals surface area (Å²) in [5, 5.41) is 3.33. The summed E-state index contributed by atoms with van der Waals surface area (Å²) in [6.45, 7) is 2.07. The molecule has 1 aliphatic heterocycles. The molecule has 0 radical (unpaired) electrons. The molecule has 1 aliphatic rings. The maximum atomic E-state index is 4.95. The van der Waals surface area contributed by atoms with Gasteiger partial charge in [-0.15, -0.1) is 0 Å². The standard InChI is InChI=1S/C8H11N3S/c12-8-10-5-6-1-3-9-4-2-7(6)11-8/h5,9H,1-4H2,(H,10,11,12). The molecule has 64 valence electrons. The average Bonchev–Trinajstić information content (AvgIpc) is 2.28. The van der Waals surface area contributed by atoms with Gasteiger partial charge in [-0.3, -0.25) is 0 Å². The number of hydrogen-bond acceptors (Lipinski definition) is 3. The fourth-order valence-electron chi connectivity index (χ4n) is 1.46. The Kier molecular flexibility index (Phi) is 2.19. The number of aromatic nitrogens is 2. The zero-order valence-electron chi connectivity index (χ0n) is 6.76. The summed E-state index contributed by atoms with van der Waals surface area (Å²) in [6, 6.07) is 0. The molecule has 3 nitrogen and oxygen atoms in total. The number of fused-ring (bicyclic) bond motifs is 1. The number of nitrogens with one attached hydrogen (secondary N) is 2. The van der Waals surface area contributed by atoms with E-state index in [-0.39, 0.29) is 0 Å². The van der Waals surface area contributed by atoms with Crippen LogP contribution in [0.15, 0.2) is 6.20 Å². The summed E-state index contributed by atoms with van der Waals surface area (Å²) in [6.07, 6.45) is 3.97. The Morgan fingerprint density at radius 2 is 2.17 bits per heavy atom. The first-order valence-corrected chi connectivity index (χ1v) is 4.55. The van der Waals surface area contributed by atoms with Gasteiger partial charge in [0.05, 0.1) is 0 Å². The molecule has 0 aliphatic carbocycles. The van der Waals surface area contributed by atoms with Crippen molar-refractivity contribution in [2.75, 3.05) is 13.1 Å². The highest BCUT2D eigenvalue weighted by Crippen LogP contribution is 2.07. The van der Waals surface area contributed by atoms with Gasteiger partial charge in [0.1, 0.15) is 0 Å². The van der Waals surface area contributed by atoms with Crippen LogP contribution < -0.4 is 5.32 Å². The number of H-pyrrole nitrogens is 1. The molecule has 0 saturated heterocycles. The lowest BCUT2D eigenvalue weighted by molar-refractivity contribution is 0.708. The van der Waals surface area contributed by atoms with Crippen molar-refractivity contribution in [3.8, 4) is 0 Å². The van der Waals surface area contributed by atoms with E-state index in [1.54, 1.807) is 0 Å². The number of nitrogens with zero attached hydrogens (tertiary/aromatic N) is 1. The Morgan fingerprint density at radius 1 is 1.33 bits per heavy atom. The van der Waals surface area contributed by atoms with E-state index in [0.717, 1.165) is 25.9 Å². The van der Waals surface area contributed by atoms with Crippen LogP contribution in [0.2, 0.25) is 0 Å². The lowest BCUT2D eigenvalue weighted by Gasteiger charge is -2.02. The Labute approximate surface area is 76.2 Å². The molecule has 12 heavy (non-hydrogen) atoms. The third kappa shape index (κ3) is 1.54. The van der Waals surface area contributed by atoms with Crippen molar-refractivity contribution in [1.82, 2.24) is 15.3 Å². The minimum absolute atomic E-state index is 0.593. The molecule has 0 atom stereocenters. The minimum atomic E-state index is 0.593. The molecule has 0 unspecified atom stereocenters. The maximum Gasteiger partial charge on any atom is 0.196 e. The topological polar surface area (TPSA) is 40.7 Å². The fourth-order valence-corrected chi connectivity index (χ4v) is 1.63. The van der Waals surface area contributed by atoms with E-state index in [4.69, 9.17) is 12.2 Å². The molecule has 1 aromatic rings. The van der Waals surface area contributed by atoms with Crippen LogP contribution in [0.1, 0.15) is 11.3 Å².